The zero-order valence-corrected chi connectivity index (χ0v) is 11.4. The summed E-state index contributed by atoms with van der Waals surface area (Å²) in [4.78, 5) is 0. The van der Waals surface area contributed by atoms with E-state index >= 15 is 0 Å². The summed E-state index contributed by atoms with van der Waals surface area (Å²) in [6.07, 6.45) is 5.03. The van der Waals surface area contributed by atoms with Crippen LogP contribution in [0.1, 0.15) is 38.6 Å². The van der Waals surface area contributed by atoms with Crippen LogP contribution in [-0.2, 0) is 4.74 Å². The average Bonchev–Trinajstić information content (AvgIpc) is 3.02. The molecule has 2 aromatic rings. The van der Waals surface area contributed by atoms with E-state index in [-0.39, 0.29) is 6.04 Å². The van der Waals surface area contributed by atoms with Gasteiger partial charge in [0.15, 0.2) is 11.5 Å². The van der Waals surface area contributed by atoms with Crippen LogP contribution in [0, 0.1) is 0 Å². The molecule has 0 aromatic carbocycles. The average molecular weight is 260 g/mol. The fourth-order valence-corrected chi connectivity index (χ4v) is 2.59. The highest BCUT2D eigenvalue weighted by molar-refractivity contribution is 5.37. The Morgan fingerprint density at radius 1 is 1.42 bits per heavy atom. The molecule has 1 aliphatic heterocycles. The Labute approximate surface area is 113 Å². The van der Waals surface area contributed by atoms with Crippen LogP contribution < -0.4 is 5.32 Å². The maximum atomic E-state index is 5.81. The predicted molar refractivity (Wildman–Crippen MR) is 73.0 cm³/mol. The highest BCUT2D eigenvalue weighted by Crippen LogP contribution is 2.19. The van der Waals surface area contributed by atoms with E-state index in [1.807, 2.05) is 28.8 Å². The number of hydrogen-bond acceptors (Lipinski definition) is 4. The van der Waals surface area contributed by atoms with Crippen LogP contribution in [0.2, 0.25) is 0 Å². The molecule has 0 saturated carbocycles. The fourth-order valence-electron chi connectivity index (χ4n) is 2.59. The van der Waals surface area contributed by atoms with Crippen molar-refractivity contribution in [2.45, 2.75) is 44.9 Å². The molecule has 0 spiro atoms. The van der Waals surface area contributed by atoms with E-state index < -0.39 is 0 Å². The van der Waals surface area contributed by atoms with Crippen LogP contribution in [0.25, 0.3) is 5.65 Å². The van der Waals surface area contributed by atoms with E-state index in [1.165, 1.54) is 0 Å². The van der Waals surface area contributed by atoms with Gasteiger partial charge in [-0.3, -0.25) is 4.40 Å². The molecule has 5 heteroatoms. The lowest BCUT2D eigenvalue weighted by Crippen LogP contribution is -2.30. The molecule has 1 aliphatic rings. The Balaban J connectivity index is 1.65. The smallest absolute Gasteiger partial charge is 0.160 e. The first kappa shape index (κ1) is 12.6. The number of fused-ring (bicyclic) bond motifs is 1. The van der Waals surface area contributed by atoms with Crippen LogP contribution in [-0.4, -0.2) is 33.4 Å². The number of hydrogen-bond donors (Lipinski definition) is 1. The minimum atomic E-state index is 0.164. The molecular weight excluding hydrogens is 240 g/mol. The van der Waals surface area contributed by atoms with Crippen LogP contribution in [0.4, 0.5) is 0 Å². The third-order valence-electron chi connectivity index (χ3n) is 3.70. The zero-order valence-electron chi connectivity index (χ0n) is 11.4. The summed E-state index contributed by atoms with van der Waals surface area (Å²) >= 11 is 0. The normalized spacial score (nSPS) is 24.9. The molecule has 5 nitrogen and oxygen atoms in total. The molecule has 3 rings (SSSR count). The minimum Gasteiger partial charge on any atom is -0.374 e. The maximum absolute atomic E-state index is 5.81. The summed E-state index contributed by atoms with van der Waals surface area (Å²) < 4.78 is 7.83. The topological polar surface area (TPSA) is 51.5 Å². The monoisotopic (exact) mass is 260 g/mol. The number of aromatic nitrogens is 3. The Bertz CT molecular complexity index is 553. The standard InChI is InChI=1S/C14H20N4O/c1-10-6-7-12(19-10)9-15-11(2)14-17-16-13-5-3-4-8-18(13)14/h3-5,8,10-12,15H,6-7,9H2,1-2H3. The van der Waals surface area contributed by atoms with Gasteiger partial charge < -0.3 is 10.1 Å². The summed E-state index contributed by atoms with van der Waals surface area (Å²) in [5, 5.41) is 11.9. The quantitative estimate of drug-likeness (QED) is 0.913. The molecule has 0 radical (unpaired) electrons. The number of nitrogens with one attached hydrogen (secondary N) is 1. The molecule has 0 aliphatic carbocycles. The van der Waals surface area contributed by atoms with Crippen molar-refractivity contribution in [1.82, 2.24) is 19.9 Å². The Kier molecular flexibility index (Phi) is 3.48. The largest absolute Gasteiger partial charge is 0.374 e. The number of pyridine rings is 1. The lowest BCUT2D eigenvalue weighted by Gasteiger charge is -2.16. The van der Waals surface area contributed by atoms with E-state index in [0.717, 1.165) is 30.9 Å². The predicted octanol–water partition coefficient (Wildman–Crippen LogP) is 1.95. The van der Waals surface area contributed by atoms with Gasteiger partial charge in [-0.15, -0.1) is 10.2 Å². The fraction of sp³-hybridized carbons (Fsp3) is 0.571. The van der Waals surface area contributed by atoms with Gasteiger partial charge in [0, 0.05) is 12.7 Å². The lowest BCUT2D eigenvalue weighted by atomic mass is 10.2. The SMILES string of the molecule is CC1CCC(CNC(C)c2nnc3ccccn23)O1. The van der Waals surface area contributed by atoms with Gasteiger partial charge in [-0.05, 0) is 38.8 Å². The highest BCUT2D eigenvalue weighted by atomic mass is 16.5. The third kappa shape index (κ3) is 2.62. The van der Waals surface area contributed by atoms with E-state index in [0.29, 0.717) is 12.2 Å². The molecule has 3 atom stereocenters. The molecule has 19 heavy (non-hydrogen) atoms. The summed E-state index contributed by atoms with van der Waals surface area (Å²) in [7, 11) is 0. The molecule has 3 heterocycles. The van der Waals surface area contributed by atoms with Gasteiger partial charge >= 0.3 is 0 Å². The van der Waals surface area contributed by atoms with Crippen molar-refractivity contribution in [2.75, 3.05) is 6.54 Å². The van der Waals surface area contributed by atoms with Gasteiger partial charge in [-0.2, -0.15) is 0 Å². The van der Waals surface area contributed by atoms with Crippen molar-refractivity contribution in [3.8, 4) is 0 Å². The van der Waals surface area contributed by atoms with Crippen LogP contribution in [0.15, 0.2) is 24.4 Å². The zero-order chi connectivity index (χ0) is 13.2. The van der Waals surface area contributed by atoms with Gasteiger partial charge in [0.25, 0.3) is 0 Å². The number of ether oxygens (including phenoxy) is 1. The first-order valence-electron chi connectivity index (χ1n) is 6.92. The second-order valence-corrected chi connectivity index (χ2v) is 5.26. The molecule has 1 saturated heterocycles. The van der Waals surface area contributed by atoms with Gasteiger partial charge in [0.1, 0.15) is 0 Å². The van der Waals surface area contributed by atoms with Crippen molar-refractivity contribution >= 4 is 5.65 Å². The van der Waals surface area contributed by atoms with E-state index in [4.69, 9.17) is 4.74 Å². The van der Waals surface area contributed by atoms with Crippen molar-refractivity contribution in [3.63, 3.8) is 0 Å². The second-order valence-electron chi connectivity index (χ2n) is 5.26. The molecule has 0 bridgehead atoms. The van der Waals surface area contributed by atoms with Crippen LogP contribution in [0.3, 0.4) is 0 Å². The molecule has 0 amide bonds. The third-order valence-corrected chi connectivity index (χ3v) is 3.70. The van der Waals surface area contributed by atoms with Crippen LogP contribution >= 0.6 is 0 Å². The summed E-state index contributed by atoms with van der Waals surface area (Å²) in [6.45, 7) is 5.12. The van der Waals surface area contributed by atoms with Crippen molar-refractivity contribution in [1.29, 1.82) is 0 Å². The summed E-state index contributed by atoms with van der Waals surface area (Å²) in [6, 6.07) is 6.09. The Hall–Kier alpha value is -1.46. The highest BCUT2D eigenvalue weighted by Gasteiger charge is 2.22. The molecule has 1 fully saturated rings. The van der Waals surface area contributed by atoms with Gasteiger partial charge in [-0.1, -0.05) is 6.07 Å². The first-order chi connectivity index (χ1) is 9.24. The van der Waals surface area contributed by atoms with Gasteiger partial charge in [0.05, 0.1) is 18.2 Å². The van der Waals surface area contributed by atoms with Crippen LogP contribution in [0.5, 0.6) is 0 Å². The Morgan fingerprint density at radius 3 is 3.11 bits per heavy atom. The van der Waals surface area contributed by atoms with Crippen molar-refractivity contribution in [2.24, 2.45) is 0 Å². The second kappa shape index (κ2) is 5.27. The minimum absolute atomic E-state index is 0.164. The summed E-state index contributed by atoms with van der Waals surface area (Å²) in [5.41, 5.74) is 0.886. The van der Waals surface area contributed by atoms with Crippen molar-refractivity contribution in [3.05, 3.63) is 30.2 Å². The van der Waals surface area contributed by atoms with Gasteiger partial charge in [0.2, 0.25) is 0 Å². The number of nitrogens with zero attached hydrogens (tertiary/aromatic N) is 3. The lowest BCUT2D eigenvalue weighted by molar-refractivity contribution is 0.0545. The molecule has 2 aromatic heterocycles. The number of rotatable bonds is 4. The molecule has 102 valence electrons. The maximum Gasteiger partial charge on any atom is 0.160 e. The van der Waals surface area contributed by atoms with E-state index in [9.17, 15) is 0 Å². The first-order valence-corrected chi connectivity index (χ1v) is 6.92. The Morgan fingerprint density at radius 2 is 2.32 bits per heavy atom. The van der Waals surface area contributed by atoms with E-state index in [1.54, 1.807) is 0 Å². The van der Waals surface area contributed by atoms with Gasteiger partial charge in [-0.25, -0.2) is 0 Å². The summed E-state index contributed by atoms with van der Waals surface area (Å²) in [5.74, 6) is 0.946. The molecule has 1 N–H and O–H groups in total. The van der Waals surface area contributed by atoms with Crippen molar-refractivity contribution < 1.29 is 4.74 Å². The molecular formula is C14H20N4O. The molecule has 3 unspecified atom stereocenters. The van der Waals surface area contributed by atoms with E-state index in [2.05, 4.69) is 29.4 Å².